The molecule has 13 heteroatoms. The summed E-state index contributed by atoms with van der Waals surface area (Å²) >= 11 is 2.66. The third kappa shape index (κ3) is 7.15. The van der Waals surface area contributed by atoms with Gasteiger partial charge in [0.15, 0.2) is 11.0 Å². The van der Waals surface area contributed by atoms with Gasteiger partial charge in [0, 0.05) is 10.4 Å². The molecule has 0 fully saturated rings. The number of rotatable bonds is 12. The molecule has 236 valence electrons. The molecular formula is C32H35N5O6S2. The maximum atomic E-state index is 13.5. The van der Waals surface area contributed by atoms with Crippen LogP contribution in [0.3, 0.4) is 0 Å². The van der Waals surface area contributed by atoms with E-state index in [4.69, 9.17) is 14.2 Å². The highest BCUT2D eigenvalue weighted by atomic mass is 32.2. The Morgan fingerprint density at radius 2 is 1.84 bits per heavy atom. The number of benzene rings is 2. The summed E-state index contributed by atoms with van der Waals surface area (Å²) in [6.07, 6.45) is 3.72. The van der Waals surface area contributed by atoms with Crippen molar-refractivity contribution in [2.24, 2.45) is 0 Å². The van der Waals surface area contributed by atoms with E-state index in [-0.39, 0.29) is 25.0 Å². The van der Waals surface area contributed by atoms with E-state index in [1.807, 2.05) is 24.3 Å². The predicted molar refractivity (Wildman–Crippen MR) is 173 cm³/mol. The summed E-state index contributed by atoms with van der Waals surface area (Å²) in [4.78, 5) is 40.5. The van der Waals surface area contributed by atoms with Crippen LogP contribution in [0.25, 0.3) is 5.69 Å². The van der Waals surface area contributed by atoms with Gasteiger partial charge in [0.1, 0.15) is 16.5 Å². The van der Waals surface area contributed by atoms with Gasteiger partial charge in [-0.2, -0.15) is 0 Å². The maximum absolute atomic E-state index is 13.5. The van der Waals surface area contributed by atoms with Crippen LogP contribution in [0.2, 0.25) is 0 Å². The van der Waals surface area contributed by atoms with Gasteiger partial charge in [-0.3, -0.25) is 14.2 Å². The van der Waals surface area contributed by atoms with Crippen molar-refractivity contribution in [3.63, 3.8) is 0 Å². The van der Waals surface area contributed by atoms with E-state index < -0.39 is 11.2 Å². The molecule has 2 heterocycles. The van der Waals surface area contributed by atoms with Crippen LogP contribution in [0.5, 0.6) is 11.5 Å². The van der Waals surface area contributed by atoms with Gasteiger partial charge in [-0.1, -0.05) is 30.0 Å². The molecule has 0 aliphatic heterocycles. The molecule has 2 aromatic heterocycles. The van der Waals surface area contributed by atoms with Crippen molar-refractivity contribution in [1.29, 1.82) is 0 Å². The molecule has 0 radical (unpaired) electrons. The second-order valence-electron chi connectivity index (χ2n) is 10.2. The summed E-state index contributed by atoms with van der Waals surface area (Å²) in [5.41, 5.74) is 2.54. The van der Waals surface area contributed by atoms with Gasteiger partial charge in [0.05, 0.1) is 43.9 Å². The number of nitrogens with one attached hydrogen (secondary N) is 2. The number of hydrogen-bond donors (Lipinski definition) is 2. The minimum atomic E-state index is -0.615. The van der Waals surface area contributed by atoms with E-state index in [2.05, 4.69) is 20.8 Å². The molecule has 2 amide bonds. The smallest absolute Gasteiger partial charge is 0.341 e. The van der Waals surface area contributed by atoms with Crippen molar-refractivity contribution in [3.8, 4) is 17.2 Å². The number of anilines is 1. The average molecular weight is 650 g/mol. The highest BCUT2D eigenvalue weighted by Gasteiger charge is 2.29. The van der Waals surface area contributed by atoms with Crippen LogP contribution in [-0.4, -0.2) is 58.6 Å². The molecule has 11 nitrogen and oxygen atoms in total. The van der Waals surface area contributed by atoms with Gasteiger partial charge in [0.2, 0.25) is 5.91 Å². The number of carbonyl (C=O) groups is 3. The number of thiophene rings is 1. The fourth-order valence-electron chi connectivity index (χ4n) is 5.07. The normalized spacial score (nSPS) is 13.0. The zero-order chi connectivity index (χ0) is 31.9. The molecule has 2 N–H and O–H groups in total. The second kappa shape index (κ2) is 14.6. The van der Waals surface area contributed by atoms with Crippen LogP contribution in [0.4, 0.5) is 5.00 Å². The number of carbonyl (C=O) groups excluding carboxylic acids is 3. The molecule has 4 aromatic rings. The number of amides is 2. The van der Waals surface area contributed by atoms with Gasteiger partial charge < -0.3 is 24.8 Å². The minimum Gasteiger partial charge on any atom is -0.497 e. The molecule has 1 aliphatic rings. The Morgan fingerprint density at radius 1 is 1.04 bits per heavy atom. The molecule has 0 bridgehead atoms. The summed E-state index contributed by atoms with van der Waals surface area (Å²) in [5.74, 6) is 0.585. The van der Waals surface area contributed by atoms with Gasteiger partial charge in [0.25, 0.3) is 5.91 Å². The topological polar surface area (TPSA) is 134 Å². The standard InChI is InChI=1S/C32H35N5O6S2/c1-5-43-31(40)27-22-13-6-9-16-25(22)45-30(27)34-28(38)19(2)44-32-36-35-26(37(32)23-14-7-8-15-24(23)42-4)18-33-29(39)20-11-10-12-21(17-20)41-3/h7-8,10-12,14-15,17,19H,5-6,9,13,16,18H2,1-4H3,(H,33,39)(H,34,38)/t19-/m1/s1. The molecule has 0 spiro atoms. The maximum Gasteiger partial charge on any atom is 0.341 e. The van der Waals surface area contributed by atoms with E-state index in [0.717, 1.165) is 36.1 Å². The fraction of sp³-hybridized carbons (Fsp3) is 0.344. The first-order valence-corrected chi connectivity index (χ1v) is 16.3. The molecular weight excluding hydrogens is 615 g/mol. The van der Waals surface area contributed by atoms with Crippen molar-refractivity contribution in [2.75, 3.05) is 26.1 Å². The summed E-state index contributed by atoms with van der Waals surface area (Å²) in [6.45, 7) is 3.85. The van der Waals surface area contributed by atoms with E-state index >= 15 is 0 Å². The lowest BCUT2D eigenvalue weighted by molar-refractivity contribution is -0.115. The fourth-order valence-corrected chi connectivity index (χ4v) is 7.23. The number of nitrogens with zero attached hydrogens (tertiary/aromatic N) is 3. The van der Waals surface area contributed by atoms with E-state index in [9.17, 15) is 14.4 Å². The van der Waals surface area contributed by atoms with Crippen LogP contribution in [-0.2, 0) is 28.9 Å². The quantitative estimate of drug-likeness (QED) is 0.152. The molecule has 2 aromatic carbocycles. The number of aromatic nitrogens is 3. The van der Waals surface area contributed by atoms with Crippen LogP contribution < -0.4 is 20.1 Å². The average Bonchev–Trinajstić information content (AvgIpc) is 3.63. The second-order valence-corrected chi connectivity index (χ2v) is 12.6. The van der Waals surface area contributed by atoms with Crippen LogP contribution in [0.1, 0.15) is 63.7 Å². The Kier molecular flexibility index (Phi) is 10.4. The van der Waals surface area contributed by atoms with Gasteiger partial charge in [-0.05, 0) is 75.4 Å². The van der Waals surface area contributed by atoms with Crippen molar-refractivity contribution >= 4 is 45.9 Å². The number of para-hydroxylation sites is 2. The molecule has 1 atom stereocenters. The number of fused-ring (bicyclic) bond motifs is 1. The monoisotopic (exact) mass is 649 g/mol. The number of methoxy groups -OCH3 is 2. The first-order chi connectivity index (χ1) is 21.8. The number of thioether (sulfide) groups is 1. The van der Waals surface area contributed by atoms with Crippen molar-refractivity contribution in [3.05, 3.63) is 75.9 Å². The summed E-state index contributed by atoms with van der Waals surface area (Å²) in [7, 11) is 3.11. The van der Waals surface area contributed by atoms with Gasteiger partial charge in [-0.25, -0.2) is 4.79 Å². The number of ether oxygens (including phenoxy) is 3. The molecule has 0 unspecified atom stereocenters. The molecule has 1 aliphatic carbocycles. The molecule has 45 heavy (non-hydrogen) atoms. The van der Waals surface area contributed by atoms with E-state index in [1.54, 1.807) is 56.9 Å². The molecule has 0 saturated heterocycles. The number of aryl methyl sites for hydroxylation is 1. The Hall–Kier alpha value is -4.36. The van der Waals surface area contributed by atoms with E-state index in [1.165, 1.54) is 23.1 Å². The summed E-state index contributed by atoms with van der Waals surface area (Å²) < 4.78 is 18.0. The number of hydrogen-bond acceptors (Lipinski definition) is 10. The van der Waals surface area contributed by atoms with Crippen molar-refractivity contribution < 1.29 is 28.6 Å². The Morgan fingerprint density at radius 3 is 2.62 bits per heavy atom. The van der Waals surface area contributed by atoms with Crippen molar-refractivity contribution in [2.45, 2.75) is 56.5 Å². The lowest BCUT2D eigenvalue weighted by Crippen LogP contribution is -2.25. The summed E-state index contributed by atoms with van der Waals surface area (Å²) in [6, 6.07) is 14.2. The number of esters is 1. The van der Waals surface area contributed by atoms with Gasteiger partial charge in [-0.15, -0.1) is 21.5 Å². The Bertz CT molecular complexity index is 1700. The zero-order valence-electron chi connectivity index (χ0n) is 25.5. The Labute approximate surface area is 269 Å². The van der Waals surface area contributed by atoms with Crippen LogP contribution in [0.15, 0.2) is 53.7 Å². The molecule has 5 rings (SSSR count). The van der Waals surface area contributed by atoms with Crippen molar-refractivity contribution in [1.82, 2.24) is 20.1 Å². The Balaban J connectivity index is 1.39. The zero-order valence-corrected chi connectivity index (χ0v) is 27.2. The third-order valence-electron chi connectivity index (χ3n) is 7.30. The van der Waals surface area contributed by atoms with Gasteiger partial charge >= 0.3 is 5.97 Å². The first kappa shape index (κ1) is 32.0. The molecule has 0 saturated carbocycles. The predicted octanol–water partition coefficient (Wildman–Crippen LogP) is 5.45. The largest absolute Gasteiger partial charge is 0.497 e. The minimum absolute atomic E-state index is 0.0614. The lowest BCUT2D eigenvalue weighted by atomic mass is 9.95. The SMILES string of the molecule is CCOC(=O)c1c(NC(=O)[C@@H](C)Sc2nnc(CNC(=O)c3cccc(OC)c3)n2-c2ccccc2OC)sc2c1CCCC2. The van der Waals surface area contributed by atoms with Crippen LogP contribution >= 0.6 is 23.1 Å². The lowest BCUT2D eigenvalue weighted by Gasteiger charge is -2.16. The third-order valence-corrected chi connectivity index (χ3v) is 9.55. The highest BCUT2D eigenvalue weighted by Crippen LogP contribution is 2.39. The highest BCUT2D eigenvalue weighted by molar-refractivity contribution is 8.00. The first-order valence-electron chi connectivity index (χ1n) is 14.6. The van der Waals surface area contributed by atoms with E-state index in [0.29, 0.717) is 44.3 Å². The van der Waals surface area contributed by atoms with Crippen LogP contribution in [0, 0.1) is 0 Å². The summed E-state index contributed by atoms with van der Waals surface area (Å²) in [5, 5.41) is 15.0.